The molecule has 0 radical (unpaired) electrons. The van der Waals surface area contributed by atoms with Gasteiger partial charge in [-0.25, -0.2) is 0 Å². The van der Waals surface area contributed by atoms with E-state index in [4.69, 9.17) is 4.74 Å². The maximum absolute atomic E-state index is 11.7. The zero-order valence-electron chi connectivity index (χ0n) is 16.1. The van der Waals surface area contributed by atoms with Crippen molar-refractivity contribution in [3.05, 3.63) is 53.0 Å². The minimum atomic E-state index is -0.291. The van der Waals surface area contributed by atoms with E-state index in [0.717, 1.165) is 17.1 Å². The summed E-state index contributed by atoms with van der Waals surface area (Å²) in [6.07, 6.45) is 7.45. The van der Waals surface area contributed by atoms with Gasteiger partial charge in [0.25, 0.3) is 0 Å². The van der Waals surface area contributed by atoms with Gasteiger partial charge in [0.15, 0.2) is 0 Å². The molecule has 1 rings (SSSR count). The van der Waals surface area contributed by atoms with Gasteiger partial charge in [0.1, 0.15) is 5.82 Å². The highest BCUT2D eigenvalue weighted by molar-refractivity contribution is 9.12. The lowest BCUT2D eigenvalue weighted by Gasteiger charge is -2.20. The number of allylic oxidation sites excluding steroid dienone is 2. The molecule has 0 spiro atoms. The van der Waals surface area contributed by atoms with Gasteiger partial charge in [0.2, 0.25) is 0 Å². The predicted molar refractivity (Wildman–Crippen MR) is 113 cm³/mol. The third-order valence-corrected chi connectivity index (χ3v) is 3.83. The van der Waals surface area contributed by atoms with Gasteiger partial charge < -0.3 is 10.1 Å². The Morgan fingerprint density at radius 2 is 2.30 bits per heavy atom. The second-order valence-corrected chi connectivity index (χ2v) is 6.82. The van der Waals surface area contributed by atoms with Gasteiger partial charge in [0, 0.05) is 55.7 Å². The Balaban J connectivity index is 3.00. The first kappa shape index (κ1) is 22.6. The molecule has 7 nitrogen and oxygen atoms in total. The van der Waals surface area contributed by atoms with Crippen molar-refractivity contribution in [1.82, 2.24) is 15.3 Å². The number of carbonyl (C=O) groups excluding carboxylic acids is 1. The summed E-state index contributed by atoms with van der Waals surface area (Å²) in [5.41, 5.74) is 1.78. The first-order valence-electron chi connectivity index (χ1n) is 8.37. The van der Waals surface area contributed by atoms with Crippen molar-refractivity contribution < 1.29 is 9.53 Å². The van der Waals surface area contributed by atoms with Crippen molar-refractivity contribution in [3.8, 4) is 0 Å². The fraction of sp³-hybridized carbons (Fsp3) is 0.368. The Hall–Kier alpha value is -2.48. The van der Waals surface area contributed by atoms with Crippen LogP contribution in [-0.4, -0.2) is 49.1 Å². The van der Waals surface area contributed by atoms with Crippen molar-refractivity contribution in [3.63, 3.8) is 0 Å². The van der Waals surface area contributed by atoms with Crippen LogP contribution in [-0.2, 0) is 16.1 Å². The molecule has 1 atom stereocenters. The van der Waals surface area contributed by atoms with Crippen LogP contribution in [0.4, 0.5) is 0 Å². The number of nitrogens with zero attached hydrogens (tertiary/aromatic N) is 4. The summed E-state index contributed by atoms with van der Waals surface area (Å²) in [4.78, 5) is 20.1. The summed E-state index contributed by atoms with van der Waals surface area (Å²) in [5, 5.41) is 9.33. The molecule has 1 N–H and O–H groups in total. The number of aromatic nitrogens is 1. The summed E-state index contributed by atoms with van der Waals surface area (Å²) < 4.78 is 5.45. The van der Waals surface area contributed by atoms with E-state index in [1.54, 1.807) is 30.7 Å². The maximum Gasteiger partial charge on any atom is 0.308 e. The van der Waals surface area contributed by atoms with Crippen LogP contribution in [0.3, 0.4) is 0 Å². The Labute approximate surface area is 169 Å². The number of pyridine rings is 1. The van der Waals surface area contributed by atoms with E-state index in [1.807, 2.05) is 32.2 Å². The van der Waals surface area contributed by atoms with E-state index in [9.17, 15) is 4.79 Å². The van der Waals surface area contributed by atoms with Crippen molar-refractivity contribution >= 4 is 33.8 Å². The number of ether oxygens (including phenoxy) is 1. The first-order valence-corrected chi connectivity index (χ1v) is 9.16. The van der Waals surface area contributed by atoms with E-state index < -0.39 is 0 Å². The zero-order valence-corrected chi connectivity index (χ0v) is 17.7. The van der Waals surface area contributed by atoms with Crippen LogP contribution in [0.15, 0.2) is 57.6 Å². The maximum atomic E-state index is 11.7. The van der Waals surface area contributed by atoms with E-state index in [-0.39, 0.29) is 11.9 Å². The molecule has 0 aliphatic rings. The van der Waals surface area contributed by atoms with Crippen LogP contribution in [0.5, 0.6) is 0 Å². The lowest BCUT2D eigenvalue weighted by Crippen LogP contribution is -2.26. The van der Waals surface area contributed by atoms with E-state index in [0.29, 0.717) is 17.4 Å². The number of rotatable bonds is 10. The average Bonchev–Trinajstić information content (AvgIpc) is 2.68. The van der Waals surface area contributed by atoms with Gasteiger partial charge in [-0.1, -0.05) is 19.6 Å². The van der Waals surface area contributed by atoms with E-state index >= 15 is 0 Å². The zero-order chi connectivity index (χ0) is 20.2. The second-order valence-electron chi connectivity index (χ2n) is 5.80. The summed E-state index contributed by atoms with van der Waals surface area (Å²) in [7, 11) is 4.89. The van der Waals surface area contributed by atoms with Crippen molar-refractivity contribution in [1.29, 1.82) is 0 Å². The van der Waals surface area contributed by atoms with Gasteiger partial charge in [0.05, 0.1) is 19.2 Å². The van der Waals surface area contributed by atoms with E-state index in [1.165, 1.54) is 7.11 Å². The molecule has 0 aliphatic carbocycles. The van der Waals surface area contributed by atoms with Crippen LogP contribution >= 0.6 is 15.9 Å². The quantitative estimate of drug-likeness (QED) is 0.347. The molecule has 8 heteroatoms. The highest BCUT2D eigenvalue weighted by atomic mass is 79.9. The molecule has 0 bridgehead atoms. The Bertz CT molecular complexity index is 716. The van der Waals surface area contributed by atoms with Crippen molar-refractivity contribution in [2.24, 2.45) is 16.0 Å². The van der Waals surface area contributed by atoms with Gasteiger partial charge >= 0.3 is 5.97 Å². The fourth-order valence-electron chi connectivity index (χ4n) is 2.14. The third kappa shape index (κ3) is 8.63. The second kappa shape index (κ2) is 12.0. The molecule has 0 amide bonds. The Kier molecular flexibility index (Phi) is 10.0. The largest absolute Gasteiger partial charge is 0.469 e. The predicted octanol–water partition coefficient (Wildman–Crippen LogP) is 3.11. The lowest BCUT2D eigenvalue weighted by atomic mass is 10.0. The van der Waals surface area contributed by atoms with Gasteiger partial charge in [-0.3, -0.25) is 19.8 Å². The molecule has 0 fully saturated rings. The normalized spacial score (nSPS) is 13.4. The minimum absolute atomic E-state index is 0.267. The molecule has 0 unspecified atom stereocenters. The molecule has 0 aromatic carbocycles. The molecular formula is C19H26BrN5O2. The number of esters is 1. The monoisotopic (exact) mass is 435 g/mol. The van der Waals surface area contributed by atoms with Crippen LogP contribution in [0.1, 0.15) is 18.9 Å². The standard InChI is InChI=1S/C19H26BrN5O2/c1-14(19(26)27-5)9-17(21-3)10-18(25(4)24-11-15(2)20)23-13-16-7-6-8-22-12-16/h6-8,10-12,14,23H,2,9,13H2,1,3-5H3/b18-10-,21-17-,24-11-/t14-/m0/s1. The summed E-state index contributed by atoms with van der Waals surface area (Å²) in [6, 6.07) is 3.86. The van der Waals surface area contributed by atoms with E-state index in [2.05, 4.69) is 42.9 Å². The highest BCUT2D eigenvalue weighted by Gasteiger charge is 2.16. The van der Waals surface area contributed by atoms with Crippen LogP contribution < -0.4 is 5.32 Å². The summed E-state index contributed by atoms with van der Waals surface area (Å²) in [6.45, 7) is 6.12. The smallest absolute Gasteiger partial charge is 0.308 e. The number of methoxy groups -OCH3 is 1. The molecule has 1 aromatic heterocycles. The summed E-state index contributed by atoms with van der Waals surface area (Å²) in [5.74, 6) is 0.165. The first-order chi connectivity index (χ1) is 12.9. The SMILES string of the molecule is C=C(Br)/C=N\N(C)/C(=C\C(C[C@H](C)C(=O)OC)=N/C)NCc1cccnc1. The molecule has 27 heavy (non-hydrogen) atoms. The number of hydrazone groups is 1. The number of halogens is 1. The molecule has 0 saturated carbocycles. The molecule has 146 valence electrons. The highest BCUT2D eigenvalue weighted by Crippen LogP contribution is 2.10. The molecular weight excluding hydrogens is 410 g/mol. The molecule has 1 aromatic rings. The molecule has 0 saturated heterocycles. The molecule has 1 heterocycles. The third-order valence-electron chi connectivity index (χ3n) is 3.63. The number of hydrogen-bond donors (Lipinski definition) is 1. The summed E-state index contributed by atoms with van der Waals surface area (Å²) >= 11 is 3.26. The van der Waals surface area contributed by atoms with Crippen LogP contribution in [0.2, 0.25) is 0 Å². The lowest BCUT2D eigenvalue weighted by molar-refractivity contribution is -0.144. The average molecular weight is 436 g/mol. The Morgan fingerprint density at radius 1 is 1.56 bits per heavy atom. The fourth-order valence-corrected chi connectivity index (χ4v) is 2.23. The number of aliphatic imine (C=N–C) groups is 1. The number of carbonyl (C=O) groups is 1. The number of nitrogens with one attached hydrogen (secondary N) is 1. The van der Waals surface area contributed by atoms with Gasteiger partial charge in [-0.15, -0.1) is 0 Å². The van der Waals surface area contributed by atoms with Gasteiger partial charge in [-0.2, -0.15) is 5.10 Å². The van der Waals surface area contributed by atoms with Crippen molar-refractivity contribution in [2.75, 3.05) is 21.2 Å². The van der Waals surface area contributed by atoms with Gasteiger partial charge in [-0.05, 0) is 27.6 Å². The van der Waals surface area contributed by atoms with Crippen LogP contribution in [0, 0.1) is 5.92 Å². The van der Waals surface area contributed by atoms with Crippen LogP contribution in [0.25, 0.3) is 0 Å². The minimum Gasteiger partial charge on any atom is -0.469 e. The molecule has 0 aliphatic heterocycles. The topological polar surface area (TPSA) is 79.2 Å². The number of hydrogen-bond acceptors (Lipinski definition) is 7. The van der Waals surface area contributed by atoms with Crippen molar-refractivity contribution in [2.45, 2.75) is 19.9 Å². The Morgan fingerprint density at radius 3 is 2.85 bits per heavy atom.